The maximum absolute atomic E-state index is 10.9. The maximum Gasteiger partial charge on any atom is 0.261 e. The summed E-state index contributed by atoms with van der Waals surface area (Å²) in [6.45, 7) is 9.00. The van der Waals surface area contributed by atoms with E-state index in [-0.39, 0.29) is 11.6 Å². The van der Waals surface area contributed by atoms with Crippen LogP contribution >= 0.6 is 0 Å². The van der Waals surface area contributed by atoms with Crippen molar-refractivity contribution in [2.45, 2.75) is 121 Å². The average Bonchev–Trinajstić information content (AvgIpc) is 2.91. The predicted octanol–water partition coefficient (Wildman–Crippen LogP) is 4.94. The van der Waals surface area contributed by atoms with Crippen LogP contribution in [0.4, 0.5) is 0 Å². The highest BCUT2D eigenvalue weighted by atomic mass is 28.4. The Hall–Kier alpha value is -1.54. The molecule has 1 aliphatic rings. The van der Waals surface area contributed by atoms with E-state index in [0.29, 0.717) is 6.42 Å². The van der Waals surface area contributed by atoms with E-state index in [4.69, 9.17) is 9.16 Å². The van der Waals surface area contributed by atoms with Gasteiger partial charge in [0.25, 0.3) is 8.32 Å². The van der Waals surface area contributed by atoms with Crippen LogP contribution in [-0.4, -0.2) is 60.8 Å². The van der Waals surface area contributed by atoms with E-state index in [1.54, 1.807) is 0 Å². The van der Waals surface area contributed by atoms with Crippen LogP contribution in [0.2, 0.25) is 5.04 Å². The summed E-state index contributed by atoms with van der Waals surface area (Å²) in [5.74, 6) is 0. The van der Waals surface area contributed by atoms with Crippen LogP contribution in [0.25, 0.3) is 0 Å². The normalized spacial score (nSPS) is 24.4. The van der Waals surface area contributed by atoms with Crippen LogP contribution in [0.3, 0.4) is 0 Å². The van der Waals surface area contributed by atoms with E-state index in [1.165, 1.54) is 38.5 Å². The first-order chi connectivity index (χ1) is 18.2. The van der Waals surface area contributed by atoms with Gasteiger partial charge in [-0.1, -0.05) is 140 Å². The fourth-order valence-electron chi connectivity index (χ4n) is 5.85. The molecular weight excluding hydrogens is 492 g/mol. The molecule has 0 saturated carbocycles. The van der Waals surface area contributed by atoms with Crippen LogP contribution in [0.15, 0.2) is 60.7 Å². The monoisotopic (exact) mass is 542 g/mol. The zero-order valence-corrected chi connectivity index (χ0v) is 24.9. The predicted molar refractivity (Wildman–Crippen MR) is 157 cm³/mol. The molecule has 0 spiro atoms. The van der Waals surface area contributed by atoms with Crippen molar-refractivity contribution in [3.05, 3.63) is 60.7 Å². The van der Waals surface area contributed by atoms with Gasteiger partial charge in [0, 0.05) is 0 Å². The van der Waals surface area contributed by atoms with Crippen molar-refractivity contribution in [2.75, 3.05) is 6.61 Å². The van der Waals surface area contributed by atoms with Crippen molar-refractivity contribution >= 4 is 18.7 Å². The Morgan fingerprint density at radius 1 is 0.684 bits per heavy atom. The van der Waals surface area contributed by atoms with E-state index in [1.807, 2.05) is 36.4 Å². The third-order valence-electron chi connectivity index (χ3n) is 8.03. The fourth-order valence-corrected chi connectivity index (χ4v) is 10.4. The summed E-state index contributed by atoms with van der Waals surface area (Å²) >= 11 is 0. The third kappa shape index (κ3) is 7.55. The minimum absolute atomic E-state index is 0.145. The molecule has 1 fully saturated rings. The van der Waals surface area contributed by atoms with Crippen molar-refractivity contribution in [1.29, 1.82) is 0 Å². The zero-order chi connectivity index (χ0) is 27.6. The van der Waals surface area contributed by atoms with Gasteiger partial charge in [0.2, 0.25) is 0 Å². The van der Waals surface area contributed by atoms with Crippen LogP contribution in [0.1, 0.15) is 85.5 Å². The van der Waals surface area contributed by atoms with Crippen LogP contribution in [-0.2, 0) is 9.16 Å². The lowest BCUT2D eigenvalue weighted by atomic mass is 9.92. The molecule has 2 aromatic rings. The molecule has 3 N–H and O–H groups in total. The topological polar surface area (TPSA) is 79.2 Å². The van der Waals surface area contributed by atoms with Crippen molar-refractivity contribution in [3.8, 4) is 0 Å². The highest BCUT2D eigenvalue weighted by Gasteiger charge is 2.52. The van der Waals surface area contributed by atoms with E-state index >= 15 is 0 Å². The molecule has 0 radical (unpaired) electrons. The van der Waals surface area contributed by atoms with Gasteiger partial charge >= 0.3 is 0 Å². The average molecular weight is 543 g/mol. The number of aliphatic hydroxyl groups excluding tert-OH is 3. The Morgan fingerprint density at radius 3 is 1.66 bits per heavy atom. The molecule has 3 rings (SSSR count). The second-order valence-electron chi connectivity index (χ2n) is 11.9. The molecule has 0 bridgehead atoms. The molecule has 1 aliphatic heterocycles. The lowest BCUT2D eigenvalue weighted by Crippen LogP contribution is -2.68. The van der Waals surface area contributed by atoms with Gasteiger partial charge in [0.1, 0.15) is 24.4 Å². The first kappa shape index (κ1) is 31.0. The number of hydrogen-bond donors (Lipinski definition) is 3. The van der Waals surface area contributed by atoms with Gasteiger partial charge < -0.3 is 24.5 Å². The number of hydrogen-bond acceptors (Lipinski definition) is 5. The Bertz CT molecular complexity index is 877. The molecule has 2 aromatic carbocycles. The summed E-state index contributed by atoms with van der Waals surface area (Å²) in [6, 6.07) is 20.7. The quantitative estimate of drug-likeness (QED) is 0.233. The molecule has 0 unspecified atom stereocenters. The number of unbranched alkanes of at least 4 members (excludes halogenated alkanes) is 7. The second kappa shape index (κ2) is 14.7. The largest absolute Gasteiger partial charge is 0.405 e. The number of benzene rings is 2. The van der Waals surface area contributed by atoms with Crippen LogP contribution in [0.5, 0.6) is 0 Å². The first-order valence-corrected chi connectivity index (χ1v) is 16.6. The van der Waals surface area contributed by atoms with E-state index in [9.17, 15) is 15.3 Å². The van der Waals surface area contributed by atoms with Crippen molar-refractivity contribution < 1.29 is 24.5 Å². The Kier molecular flexibility index (Phi) is 12.0. The molecule has 1 saturated heterocycles. The zero-order valence-electron chi connectivity index (χ0n) is 23.9. The molecule has 0 aliphatic carbocycles. The van der Waals surface area contributed by atoms with Gasteiger partial charge in [-0.05, 0) is 21.8 Å². The summed E-state index contributed by atoms with van der Waals surface area (Å²) in [6.07, 6.45) is 5.45. The Morgan fingerprint density at radius 2 is 1.16 bits per heavy atom. The smallest absolute Gasteiger partial charge is 0.261 e. The SMILES string of the molecule is CCCCCCCCCC[C@@H]1O[C@H](CO[Si](c2ccccc2)(c2ccccc2)C(C)(C)C)[C@H](O)[C@H](O)[C@H]1O. The molecule has 0 aromatic heterocycles. The minimum atomic E-state index is -2.81. The molecule has 5 nitrogen and oxygen atoms in total. The summed E-state index contributed by atoms with van der Waals surface area (Å²) in [4.78, 5) is 0. The molecule has 38 heavy (non-hydrogen) atoms. The third-order valence-corrected chi connectivity index (χ3v) is 13.0. The Balaban J connectivity index is 1.72. The van der Waals surface area contributed by atoms with Crippen LogP contribution < -0.4 is 10.4 Å². The lowest BCUT2D eigenvalue weighted by molar-refractivity contribution is -0.229. The van der Waals surface area contributed by atoms with Crippen molar-refractivity contribution in [3.63, 3.8) is 0 Å². The van der Waals surface area contributed by atoms with Gasteiger partial charge in [-0.3, -0.25) is 0 Å². The number of aliphatic hydroxyl groups is 3. The molecule has 5 atom stereocenters. The van der Waals surface area contributed by atoms with E-state index < -0.39 is 38.8 Å². The Labute approximate surface area is 231 Å². The molecule has 0 amide bonds. The number of ether oxygens (including phenoxy) is 1. The molecule has 6 heteroatoms. The second-order valence-corrected chi connectivity index (χ2v) is 16.2. The van der Waals surface area contributed by atoms with Crippen LogP contribution in [0, 0.1) is 0 Å². The standard InChI is InChI=1S/C32H50O5Si/c1-5-6-7-8-9-10-11-18-23-27-29(33)31(35)30(34)28(37-27)24-36-38(32(2,3)4,25-19-14-12-15-20-25)26-21-16-13-17-22-26/h12-17,19-22,27-31,33-35H,5-11,18,23-24H2,1-4H3/t27-,28+,29-,30-,31+/m0/s1. The molecule has 212 valence electrons. The maximum atomic E-state index is 10.9. The highest BCUT2D eigenvalue weighted by Crippen LogP contribution is 2.37. The van der Waals surface area contributed by atoms with Gasteiger partial charge in [0.05, 0.1) is 12.7 Å². The van der Waals surface area contributed by atoms with E-state index in [2.05, 4.69) is 52.0 Å². The minimum Gasteiger partial charge on any atom is -0.405 e. The first-order valence-electron chi connectivity index (χ1n) is 14.7. The lowest BCUT2D eigenvalue weighted by Gasteiger charge is -2.46. The summed E-state index contributed by atoms with van der Waals surface area (Å²) < 4.78 is 13.2. The van der Waals surface area contributed by atoms with Gasteiger partial charge in [-0.25, -0.2) is 0 Å². The van der Waals surface area contributed by atoms with E-state index in [0.717, 1.165) is 23.2 Å². The highest BCUT2D eigenvalue weighted by molar-refractivity contribution is 6.99. The fraction of sp³-hybridized carbons (Fsp3) is 0.625. The van der Waals surface area contributed by atoms with Crippen molar-refractivity contribution in [1.82, 2.24) is 0 Å². The molecular formula is C32H50O5Si. The molecule has 1 heterocycles. The van der Waals surface area contributed by atoms with Gasteiger partial charge in [0.15, 0.2) is 0 Å². The summed E-state index contributed by atoms with van der Waals surface area (Å²) in [5.41, 5.74) is 0. The number of rotatable bonds is 14. The van der Waals surface area contributed by atoms with Gasteiger partial charge in [-0.15, -0.1) is 0 Å². The van der Waals surface area contributed by atoms with Crippen molar-refractivity contribution in [2.24, 2.45) is 0 Å². The summed E-state index contributed by atoms with van der Waals surface area (Å²) in [5, 5.41) is 34.4. The summed E-state index contributed by atoms with van der Waals surface area (Å²) in [7, 11) is -2.81. The van der Waals surface area contributed by atoms with Gasteiger partial charge in [-0.2, -0.15) is 0 Å².